The van der Waals surface area contributed by atoms with Crippen molar-refractivity contribution in [3.63, 3.8) is 0 Å². The lowest BCUT2D eigenvalue weighted by molar-refractivity contribution is -0.149. The minimum Gasteiger partial charge on any atom is -0.480 e. The molecule has 7 heteroatoms. The third-order valence-corrected chi connectivity index (χ3v) is 3.65. The summed E-state index contributed by atoms with van der Waals surface area (Å²) in [4.78, 5) is 12.8. The summed E-state index contributed by atoms with van der Waals surface area (Å²) in [5, 5.41) is 12.3. The molecule has 1 rings (SSSR count). The van der Waals surface area contributed by atoms with Crippen molar-refractivity contribution in [3.05, 3.63) is 0 Å². The van der Waals surface area contributed by atoms with Crippen LogP contribution in [0.2, 0.25) is 0 Å². The second-order valence-corrected chi connectivity index (χ2v) is 6.36. The molecule has 1 fully saturated rings. The summed E-state index contributed by atoms with van der Waals surface area (Å²) in [6.07, 6.45) is -1.86. The molecule has 124 valence electrons. The van der Waals surface area contributed by atoms with Crippen molar-refractivity contribution in [3.8, 4) is 0 Å². The fourth-order valence-electron chi connectivity index (χ4n) is 2.57. The van der Waals surface area contributed by atoms with Crippen LogP contribution in [0.3, 0.4) is 0 Å². The minimum absolute atomic E-state index is 0.000750. The second kappa shape index (κ2) is 6.96. The molecule has 4 nitrogen and oxygen atoms in total. The van der Waals surface area contributed by atoms with Gasteiger partial charge in [0.1, 0.15) is 5.54 Å². The van der Waals surface area contributed by atoms with Gasteiger partial charge in [0.25, 0.3) is 0 Å². The molecule has 1 unspecified atom stereocenters. The van der Waals surface area contributed by atoms with Crippen LogP contribution in [0.1, 0.15) is 46.5 Å². The van der Waals surface area contributed by atoms with Gasteiger partial charge in [-0.3, -0.25) is 15.0 Å². The van der Waals surface area contributed by atoms with E-state index in [1.54, 1.807) is 6.92 Å². The summed E-state index contributed by atoms with van der Waals surface area (Å²) in [6, 6.07) is 0.0153. The van der Waals surface area contributed by atoms with E-state index >= 15 is 0 Å². The highest BCUT2D eigenvalue weighted by Gasteiger charge is 2.38. The topological polar surface area (TPSA) is 52.6 Å². The fraction of sp³-hybridized carbons (Fsp3) is 0.929. The van der Waals surface area contributed by atoms with Crippen LogP contribution in [0.4, 0.5) is 13.2 Å². The number of nitrogens with one attached hydrogen (secondary N) is 1. The van der Waals surface area contributed by atoms with E-state index < -0.39 is 24.2 Å². The number of alkyl halides is 3. The molecule has 0 saturated heterocycles. The molecular formula is C14H25F3N2O2. The maximum absolute atomic E-state index is 12.5. The first-order chi connectivity index (χ1) is 9.53. The molecule has 0 heterocycles. The van der Waals surface area contributed by atoms with Crippen LogP contribution in [0.5, 0.6) is 0 Å². The molecule has 0 aromatic heterocycles. The van der Waals surface area contributed by atoms with E-state index in [2.05, 4.69) is 5.32 Å². The summed E-state index contributed by atoms with van der Waals surface area (Å²) < 4.78 is 37.5. The minimum atomic E-state index is -4.20. The first kappa shape index (κ1) is 18.2. The molecule has 1 aliphatic carbocycles. The number of aliphatic carboxylic acids is 1. The number of carboxylic acid groups (broad SMARTS) is 1. The quantitative estimate of drug-likeness (QED) is 0.687. The summed E-state index contributed by atoms with van der Waals surface area (Å²) in [5.74, 6) is -0.968. The number of hydrogen-bond acceptors (Lipinski definition) is 3. The maximum Gasteiger partial charge on any atom is 0.401 e. The van der Waals surface area contributed by atoms with Gasteiger partial charge >= 0.3 is 12.1 Å². The molecule has 1 aliphatic rings. The van der Waals surface area contributed by atoms with Gasteiger partial charge in [0.15, 0.2) is 0 Å². The van der Waals surface area contributed by atoms with Gasteiger partial charge in [-0.25, -0.2) is 0 Å². The second-order valence-electron chi connectivity index (χ2n) is 6.36. The normalized spacial score (nSPS) is 19.0. The zero-order chi connectivity index (χ0) is 16.3. The Bertz CT molecular complexity index is 357. The molecule has 0 radical (unpaired) electrons. The van der Waals surface area contributed by atoms with Gasteiger partial charge in [-0.1, -0.05) is 0 Å². The van der Waals surface area contributed by atoms with Gasteiger partial charge in [-0.05, 0) is 53.0 Å². The summed E-state index contributed by atoms with van der Waals surface area (Å²) in [5.41, 5.74) is -1.10. The predicted molar refractivity (Wildman–Crippen MR) is 74.2 cm³/mol. The van der Waals surface area contributed by atoms with E-state index in [-0.39, 0.29) is 18.6 Å². The molecule has 1 saturated carbocycles. The Kier molecular flexibility index (Phi) is 6.04. The van der Waals surface area contributed by atoms with Crippen molar-refractivity contribution in [2.75, 3.05) is 13.1 Å². The van der Waals surface area contributed by atoms with Gasteiger partial charge in [0.05, 0.1) is 6.54 Å². The Morgan fingerprint density at radius 1 is 1.38 bits per heavy atom. The van der Waals surface area contributed by atoms with Crippen LogP contribution >= 0.6 is 0 Å². The SMILES string of the molecule is CC(C)NC(C)(CCCN(CC(F)(F)F)C1CC1)C(=O)O. The van der Waals surface area contributed by atoms with Crippen LogP contribution in [0.15, 0.2) is 0 Å². The molecule has 0 aromatic rings. The number of halogens is 3. The number of nitrogens with zero attached hydrogens (tertiary/aromatic N) is 1. The molecule has 0 bridgehead atoms. The average molecular weight is 310 g/mol. The average Bonchev–Trinajstić information content (AvgIpc) is 3.08. The maximum atomic E-state index is 12.5. The summed E-state index contributed by atoms with van der Waals surface area (Å²) in [7, 11) is 0. The third kappa shape index (κ3) is 6.65. The fourth-order valence-corrected chi connectivity index (χ4v) is 2.57. The molecule has 0 amide bonds. The number of rotatable bonds is 9. The first-order valence-corrected chi connectivity index (χ1v) is 7.35. The smallest absolute Gasteiger partial charge is 0.401 e. The molecule has 0 spiro atoms. The number of carbonyl (C=O) groups is 1. The largest absolute Gasteiger partial charge is 0.480 e. The molecule has 0 aliphatic heterocycles. The summed E-state index contributed by atoms with van der Waals surface area (Å²) in [6.45, 7) is 4.66. The zero-order valence-electron chi connectivity index (χ0n) is 12.8. The van der Waals surface area contributed by atoms with Gasteiger partial charge in [-0.15, -0.1) is 0 Å². The van der Waals surface area contributed by atoms with E-state index in [1.165, 1.54) is 4.90 Å². The zero-order valence-corrected chi connectivity index (χ0v) is 12.8. The highest BCUT2D eigenvalue weighted by molar-refractivity contribution is 5.78. The summed E-state index contributed by atoms with van der Waals surface area (Å²) >= 11 is 0. The van der Waals surface area contributed by atoms with Gasteiger partial charge in [-0.2, -0.15) is 13.2 Å². The predicted octanol–water partition coefficient (Wildman–Crippen LogP) is 2.63. The molecule has 2 N–H and O–H groups in total. The number of carboxylic acids is 1. The monoisotopic (exact) mass is 310 g/mol. The Hall–Kier alpha value is -0.820. The first-order valence-electron chi connectivity index (χ1n) is 7.35. The van der Waals surface area contributed by atoms with Crippen molar-refractivity contribution < 1.29 is 23.1 Å². The van der Waals surface area contributed by atoms with Crippen molar-refractivity contribution in [1.29, 1.82) is 0 Å². The van der Waals surface area contributed by atoms with Gasteiger partial charge in [0, 0.05) is 12.1 Å². The van der Waals surface area contributed by atoms with Gasteiger partial charge < -0.3 is 5.11 Å². The van der Waals surface area contributed by atoms with Crippen molar-refractivity contribution >= 4 is 5.97 Å². The van der Waals surface area contributed by atoms with Crippen LogP contribution in [-0.2, 0) is 4.79 Å². The van der Waals surface area contributed by atoms with Crippen LogP contribution in [-0.4, -0.2) is 52.9 Å². The van der Waals surface area contributed by atoms with Crippen LogP contribution < -0.4 is 5.32 Å². The third-order valence-electron chi connectivity index (χ3n) is 3.65. The highest BCUT2D eigenvalue weighted by atomic mass is 19.4. The van der Waals surface area contributed by atoms with Gasteiger partial charge in [0.2, 0.25) is 0 Å². The highest BCUT2D eigenvalue weighted by Crippen LogP contribution is 2.30. The van der Waals surface area contributed by atoms with E-state index in [1.807, 2.05) is 13.8 Å². The van der Waals surface area contributed by atoms with Crippen molar-refractivity contribution in [1.82, 2.24) is 10.2 Å². The Balaban J connectivity index is 2.49. The lowest BCUT2D eigenvalue weighted by Gasteiger charge is -2.30. The van der Waals surface area contributed by atoms with E-state index in [9.17, 15) is 23.1 Å². The molecule has 1 atom stereocenters. The van der Waals surface area contributed by atoms with E-state index in [0.717, 1.165) is 12.8 Å². The van der Waals surface area contributed by atoms with E-state index in [0.29, 0.717) is 12.8 Å². The van der Waals surface area contributed by atoms with Crippen LogP contribution in [0.25, 0.3) is 0 Å². The molecular weight excluding hydrogens is 285 g/mol. The molecule has 0 aromatic carbocycles. The molecule has 21 heavy (non-hydrogen) atoms. The standard InChI is InChI=1S/C14H25F3N2O2/c1-10(2)18-13(3,12(20)21)7-4-8-19(11-5-6-11)9-14(15,16)17/h10-11,18H,4-9H2,1-3H3,(H,20,21). The lowest BCUT2D eigenvalue weighted by Crippen LogP contribution is -2.52. The van der Waals surface area contributed by atoms with E-state index in [4.69, 9.17) is 0 Å². The van der Waals surface area contributed by atoms with Crippen molar-refractivity contribution in [2.24, 2.45) is 0 Å². The van der Waals surface area contributed by atoms with Crippen molar-refractivity contribution in [2.45, 2.75) is 70.3 Å². The lowest BCUT2D eigenvalue weighted by atomic mass is 9.94. The Morgan fingerprint density at radius 3 is 2.33 bits per heavy atom. The Morgan fingerprint density at radius 2 is 1.95 bits per heavy atom. The number of hydrogen-bond donors (Lipinski definition) is 2. The Labute approximate surface area is 123 Å². The van der Waals surface area contributed by atoms with Crippen LogP contribution in [0, 0.1) is 0 Å².